The van der Waals surface area contributed by atoms with E-state index in [1.807, 2.05) is 6.07 Å². The van der Waals surface area contributed by atoms with Crippen LogP contribution in [0.15, 0.2) is 30.3 Å². The molecule has 0 bridgehead atoms. The molecule has 13 heavy (non-hydrogen) atoms. The van der Waals surface area contributed by atoms with Crippen molar-refractivity contribution in [2.45, 2.75) is 0 Å². The Balaban J connectivity index is 2.82. The minimum absolute atomic E-state index is 0.691. The summed E-state index contributed by atoms with van der Waals surface area (Å²) in [4.78, 5) is 0. The van der Waals surface area contributed by atoms with Gasteiger partial charge in [-0.05, 0) is 5.56 Å². The first-order valence-corrected chi connectivity index (χ1v) is 5.35. The van der Waals surface area contributed by atoms with Crippen LogP contribution in [0.5, 0.6) is 0 Å². The number of benzene rings is 1. The number of rotatable bonds is 3. The second-order valence-corrected chi connectivity index (χ2v) is 4.85. The van der Waals surface area contributed by atoms with Crippen molar-refractivity contribution >= 4 is 10.0 Å². The third-order valence-electron chi connectivity index (χ3n) is 1.59. The Kier molecular flexibility index (Phi) is 3.06. The Morgan fingerprint density at radius 1 is 1.15 bits per heavy atom. The molecule has 1 radical (unpaired) electrons. The Morgan fingerprint density at radius 3 is 2.15 bits per heavy atom. The lowest BCUT2D eigenvalue weighted by Crippen LogP contribution is -2.22. The monoisotopic (exact) mass is 198 g/mol. The van der Waals surface area contributed by atoms with Crippen LogP contribution in [0.4, 0.5) is 0 Å². The second kappa shape index (κ2) is 3.89. The van der Waals surface area contributed by atoms with E-state index < -0.39 is 10.0 Å². The summed E-state index contributed by atoms with van der Waals surface area (Å²) in [6, 6.07) is 8.95. The van der Waals surface area contributed by atoms with Gasteiger partial charge in [0.25, 0.3) is 0 Å². The first kappa shape index (κ1) is 10.2. The summed E-state index contributed by atoms with van der Waals surface area (Å²) in [5.74, 6) is 1.24. The van der Waals surface area contributed by atoms with Gasteiger partial charge in [0.05, 0.1) is 0 Å². The smallest absolute Gasteiger partial charge is 0.212 e. The normalized spacial score (nSPS) is 11.9. The van der Waals surface area contributed by atoms with Crippen molar-refractivity contribution < 1.29 is 8.42 Å². The van der Waals surface area contributed by atoms with Crippen molar-refractivity contribution in [3.05, 3.63) is 41.6 Å². The van der Waals surface area contributed by atoms with E-state index in [2.05, 4.69) is 0 Å². The van der Waals surface area contributed by atoms with Gasteiger partial charge >= 0.3 is 0 Å². The average Bonchev–Trinajstić information content (AvgIpc) is 2.05. The predicted molar refractivity (Wildman–Crippen MR) is 52.5 cm³/mol. The largest absolute Gasteiger partial charge is 0.222 e. The molecule has 0 saturated carbocycles. The van der Waals surface area contributed by atoms with Gasteiger partial charge in [-0.15, -0.1) is 0 Å². The molecule has 0 fully saturated rings. The van der Waals surface area contributed by atoms with Crippen LogP contribution in [0, 0.1) is 5.75 Å². The van der Waals surface area contributed by atoms with E-state index in [0.717, 1.165) is 0 Å². The average molecular weight is 198 g/mol. The first-order valence-electron chi connectivity index (χ1n) is 3.85. The predicted octanol–water partition coefficient (Wildman–Crippen LogP) is 1.09. The van der Waals surface area contributed by atoms with E-state index in [1.165, 1.54) is 24.2 Å². The standard InChI is InChI=1S/C9H12NO2S/c1-10(2)13(11,12)8-9-6-4-3-5-7-9/h3-8H,1-2H3. The van der Waals surface area contributed by atoms with Crippen LogP contribution in [0.25, 0.3) is 0 Å². The molecular weight excluding hydrogens is 186 g/mol. The van der Waals surface area contributed by atoms with Crippen LogP contribution in [-0.2, 0) is 10.0 Å². The SMILES string of the molecule is CN(C)S(=O)(=O)[CH]c1ccccc1. The number of nitrogens with zero attached hydrogens (tertiary/aromatic N) is 1. The Morgan fingerprint density at radius 2 is 1.69 bits per heavy atom. The third kappa shape index (κ3) is 2.82. The van der Waals surface area contributed by atoms with E-state index in [1.54, 1.807) is 24.3 Å². The maximum Gasteiger partial charge on any atom is 0.222 e. The van der Waals surface area contributed by atoms with E-state index in [0.29, 0.717) is 5.56 Å². The molecule has 0 unspecified atom stereocenters. The molecule has 0 atom stereocenters. The van der Waals surface area contributed by atoms with Gasteiger partial charge in [0.2, 0.25) is 10.0 Å². The van der Waals surface area contributed by atoms with Crippen molar-refractivity contribution in [2.24, 2.45) is 0 Å². The van der Waals surface area contributed by atoms with Gasteiger partial charge in [-0.3, -0.25) is 0 Å². The molecule has 4 heteroatoms. The molecule has 0 aliphatic rings. The summed E-state index contributed by atoms with van der Waals surface area (Å²) in [5, 5.41) is 0. The molecule has 0 saturated heterocycles. The van der Waals surface area contributed by atoms with Gasteiger partial charge < -0.3 is 0 Å². The van der Waals surface area contributed by atoms with Crippen molar-refractivity contribution in [3.63, 3.8) is 0 Å². The molecular formula is C9H12NO2S. The van der Waals surface area contributed by atoms with Crippen LogP contribution in [0.1, 0.15) is 5.56 Å². The van der Waals surface area contributed by atoms with Crippen LogP contribution < -0.4 is 0 Å². The lowest BCUT2D eigenvalue weighted by atomic mass is 10.2. The summed E-state index contributed by atoms with van der Waals surface area (Å²) in [5.41, 5.74) is 0.691. The lowest BCUT2D eigenvalue weighted by molar-refractivity contribution is 0.528. The van der Waals surface area contributed by atoms with Crippen molar-refractivity contribution in [1.29, 1.82) is 0 Å². The zero-order valence-electron chi connectivity index (χ0n) is 7.64. The van der Waals surface area contributed by atoms with Crippen LogP contribution in [0.2, 0.25) is 0 Å². The molecule has 0 spiro atoms. The third-order valence-corrected chi connectivity index (χ3v) is 3.18. The molecule has 0 aliphatic heterocycles. The van der Waals surface area contributed by atoms with Crippen molar-refractivity contribution in [1.82, 2.24) is 4.31 Å². The highest BCUT2D eigenvalue weighted by Gasteiger charge is 2.14. The maximum absolute atomic E-state index is 11.4. The van der Waals surface area contributed by atoms with Crippen LogP contribution in [-0.4, -0.2) is 26.8 Å². The quantitative estimate of drug-likeness (QED) is 0.729. The Labute approximate surface area is 79.0 Å². The van der Waals surface area contributed by atoms with Gasteiger partial charge in [-0.1, -0.05) is 30.3 Å². The van der Waals surface area contributed by atoms with Crippen LogP contribution in [0.3, 0.4) is 0 Å². The van der Waals surface area contributed by atoms with Gasteiger partial charge in [0, 0.05) is 14.1 Å². The number of hydrogen-bond donors (Lipinski definition) is 0. The summed E-state index contributed by atoms with van der Waals surface area (Å²) >= 11 is 0. The molecule has 1 aromatic rings. The fraction of sp³-hybridized carbons (Fsp3) is 0.222. The zero-order chi connectivity index (χ0) is 9.90. The van der Waals surface area contributed by atoms with Gasteiger partial charge in [0.1, 0.15) is 5.75 Å². The first-order chi connectivity index (χ1) is 6.02. The van der Waals surface area contributed by atoms with Gasteiger partial charge in [-0.25, -0.2) is 12.7 Å². The van der Waals surface area contributed by atoms with Gasteiger partial charge in [-0.2, -0.15) is 0 Å². The lowest BCUT2D eigenvalue weighted by Gasteiger charge is -2.09. The Hall–Kier alpha value is -0.870. The molecule has 71 valence electrons. The van der Waals surface area contributed by atoms with E-state index in [4.69, 9.17) is 0 Å². The van der Waals surface area contributed by atoms with E-state index >= 15 is 0 Å². The summed E-state index contributed by atoms with van der Waals surface area (Å²) in [6.45, 7) is 0. The molecule has 0 amide bonds. The number of hydrogen-bond acceptors (Lipinski definition) is 2. The molecule has 3 nitrogen and oxygen atoms in total. The molecule has 1 rings (SSSR count). The molecule has 0 aliphatic carbocycles. The summed E-state index contributed by atoms with van der Waals surface area (Å²) in [6.07, 6.45) is 0. The summed E-state index contributed by atoms with van der Waals surface area (Å²) in [7, 11) is -0.226. The Bertz CT molecular complexity index is 356. The number of sulfonamides is 1. The van der Waals surface area contributed by atoms with E-state index in [-0.39, 0.29) is 0 Å². The topological polar surface area (TPSA) is 37.4 Å². The highest BCUT2D eigenvalue weighted by Crippen LogP contribution is 2.09. The summed E-state index contributed by atoms with van der Waals surface area (Å²) < 4.78 is 23.9. The van der Waals surface area contributed by atoms with E-state index in [9.17, 15) is 8.42 Å². The molecule has 0 aromatic heterocycles. The molecule has 1 aromatic carbocycles. The minimum atomic E-state index is -3.24. The highest BCUT2D eigenvalue weighted by atomic mass is 32.2. The van der Waals surface area contributed by atoms with Crippen molar-refractivity contribution in [2.75, 3.05) is 14.1 Å². The maximum atomic E-state index is 11.4. The highest BCUT2D eigenvalue weighted by molar-refractivity contribution is 7.91. The van der Waals surface area contributed by atoms with Crippen molar-refractivity contribution in [3.8, 4) is 0 Å². The fourth-order valence-electron chi connectivity index (χ4n) is 0.809. The second-order valence-electron chi connectivity index (χ2n) is 2.86. The zero-order valence-corrected chi connectivity index (χ0v) is 8.45. The van der Waals surface area contributed by atoms with Gasteiger partial charge in [0.15, 0.2) is 0 Å². The fourth-order valence-corrected chi connectivity index (χ4v) is 1.52. The minimum Gasteiger partial charge on any atom is -0.212 e. The van der Waals surface area contributed by atoms with Crippen LogP contribution >= 0.6 is 0 Å². The molecule has 0 N–H and O–H groups in total. The molecule has 0 heterocycles.